The van der Waals surface area contributed by atoms with Gasteiger partial charge in [0.1, 0.15) is 0 Å². The zero-order valence-electron chi connectivity index (χ0n) is 10.6. The number of rotatable bonds is 4. The van der Waals surface area contributed by atoms with Crippen molar-refractivity contribution in [1.29, 1.82) is 0 Å². The molecule has 2 atom stereocenters. The summed E-state index contributed by atoms with van der Waals surface area (Å²) in [5.41, 5.74) is 1.44. The number of likely N-dealkylation sites (tertiary alicyclic amines) is 1. The summed E-state index contributed by atoms with van der Waals surface area (Å²) in [6, 6.07) is 9.48. The standard InChI is InChI=1S/C14H21IN2/c1-11(13-3-5-14(15)6-4-13)17-8-7-12(10-17)9-16-2/h3-6,11-12,16H,7-10H2,1-2H3. The van der Waals surface area contributed by atoms with Crippen molar-refractivity contribution in [3.63, 3.8) is 0 Å². The Morgan fingerprint density at radius 2 is 2.12 bits per heavy atom. The van der Waals surface area contributed by atoms with Gasteiger partial charge in [0.15, 0.2) is 0 Å². The minimum Gasteiger partial charge on any atom is -0.319 e. The Morgan fingerprint density at radius 3 is 2.76 bits per heavy atom. The minimum atomic E-state index is 0.550. The van der Waals surface area contributed by atoms with Crippen LogP contribution in [0, 0.1) is 9.49 Å². The SMILES string of the molecule is CNCC1CCN(C(C)c2ccc(I)cc2)C1. The molecule has 1 aliphatic rings. The molecule has 0 amide bonds. The summed E-state index contributed by atoms with van der Waals surface area (Å²) in [5.74, 6) is 0.825. The van der Waals surface area contributed by atoms with Gasteiger partial charge in [0.2, 0.25) is 0 Å². The molecule has 1 N–H and O–H groups in total. The van der Waals surface area contributed by atoms with Gasteiger partial charge in [-0.3, -0.25) is 4.90 Å². The van der Waals surface area contributed by atoms with E-state index in [0.29, 0.717) is 6.04 Å². The maximum atomic E-state index is 3.29. The number of nitrogens with one attached hydrogen (secondary N) is 1. The van der Waals surface area contributed by atoms with E-state index in [1.807, 2.05) is 7.05 Å². The van der Waals surface area contributed by atoms with Gasteiger partial charge in [-0.15, -0.1) is 0 Å². The second-order valence-electron chi connectivity index (χ2n) is 4.93. The third kappa shape index (κ3) is 3.42. The predicted octanol–water partition coefficient (Wildman–Crippen LogP) is 2.89. The number of halogens is 1. The van der Waals surface area contributed by atoms with Gasteiger partial charge < -0.3 is 5.32 Å². The Bertz CT molecular complexity index is 350. The zero-order valence-corrected chi connectivity index (χ0v) is 12.8. The van der Waals surface area contributed by atoms with Crippen LogP contribution in [0.4, 0.5) is 0 Å². The lowest BCUT2D eigenvalue weighted by molar-refractivity contribution is 0.252. The van der Waals surface area contributed by atoms with Crippen molar-refractivity contribution in [2.75, 3.05) is 26.7 Å². The second kappa shape index (κ2) is 6.16. The van der Waals surface area contributed by atoms with Crippen LogP contribution in [0.3, 0.4) is 0 Å². The van der Waals surface area contributed by atoms with Crippen molar-refractivity contribution in [3.8, 4) is 0 Å². The molecule has 2 unspecified atom stereocenters. The van der Waals surface area contributed by atoms with E-state index in [-0.39, 0.29) is 0 Å². The predicted molar refractivity (Wildman–Crippen MR) is 81.2 cm³/mol. The first-order valence-corrected chi connectivity index (χ1v) is 7.42. The Labute approximate surface area is 118 Å². The maximum absolute atomic E-state index is 3.29. The number of hydrogen-bond acceptors (Lipinski definition) is 2. The first-order chi connectivity index (χ1) is 8.20. The fourth-order valence-electron chi connectivity index (χ4n) is 2.62. The smallest absolute Gasteiger partial charge is 0.0320 e. The molecular weight excluding hydrogens is 323 g/mol. The molecule has 1 heterocycles. The van der Waals surface area contributed by atoms with E-state index in [9.17, 15) is 0 Å². The van der Waals surface area contributed by atoms with E-state index >= 15 is 0 Å². The fourth-order valence-corrected chi connectivity index (χ4v) is 2.98. The molecular formula is C14H21IN2. The zero-order chi connectivity index (χ0) is 12.3. The Hall–Kier alpha value is -0.130. The molecule has 1 fully saturated rings. The first kappa shape index (κ1) is 13.3. The average molecular weight is 344 g/mol. The molecule has 0 radical (unpaired) electrons. The van der Waals surface area contributed by atoms with Crippen LogP contribution in [0.25, 0.3) is 0 Å². The quantitative estimate of drug-likeness (QED) is 0.845. The van der Waals surface area contributed by atoms with Crippen molar-refractivity contribution in [3.05, 3.63) is 33.4 Å². The van der Waals surface area contributed by atoms with Crippen LogP contribution in [0.5, 0.6) is 0 Å². The Kier molecular flexibility index (Phi) is 4.82. The highest BCUT2D eigenvalue weighted by Gasteiger charge is 2.25. The highest BCUT2D eigenvalue weighted by atomic mass is 127. The molecule has 2 rings (SSSR count). The van der Waals surface area contributed by atoms with Crippen molar-refractivity contribution in [2.24, 2.45) is 5.92 Å². The Balaban J connectivity index is 1.96. The monoisotopic (exact) mass is 344 g/mol. The summed E-state index contributed by atoms with van der Waals surface area (Å²) in [7, 11) is 2.05. The molecule has 1 saturated heterocycles. The van der Waals surface area contributed by atoms with Gasteiger partial charge in [0, 0.05) is 16.2 Å². The highest BCUT2D eigenvalue weighted by molar-refractivity contribution is 14.1. The lowest BCUT2D eigenvalue weighted by atomic mass is 10.1. The molecule has 94 valence electrons. The van der Waals surface area contributed by atoms with Gasteiger partial charge in [-0.25, -0.2) is 0 Å². The van der Waals surface area contributed by atoms with Crippen molar-refractivity contribution < 1.29 is 0 Å². The summed E-state index contributed by atoms with van der Waals surface area (Å²) in [5, 5.41) is 3.29. The van der Waals surface area contributed by atoms with Gasteiger partial charge in [-0.1, -0.05) is 12.1 Å². The van der Waals surface area contributed by atoms with Crippen LogP contribution in [0.2, 0.25) is 0 Å². The van der Waals surface area contributed by atoms with Crippen LogP contribution in [-0.4, -0.2) is 31.6 Å². The lowest BCUT2D eigenvalue weighted by Crippen LogP contribution is -2.27. The van der Waals surface area contributed by atoms with Gasteiger partial charge in [0.05, 0.1) is 0 Å². The lowest BCUT2D eigenvalue weighted by Gasteiger charge is -2.24. The summed E-state index contributed by atoms with van der Waals surface area (Å²) in [4.78, 5) is 2.60. The molecule has 0 aromatic heterocycles. The number of nitrogens with zero attached hydrogens (tertiary/aromatic N) is 1. The van der Waals surface area contributed by atoms with Gasteiger partial charge in [-0.2, -0.15) is 0 Å². The van der Waals surface area contributed by atoms with Crippen LogP contribution >= 0.6 is 22.6 Å². The molecule has 1 aliphatic heterocycles. The van der Waals surface area contributed by atoms with Crippen molar-refractivity contribution >= 4 is 22.6 Å². The van der Waals surface area contributed by atoms with Crippen molar-refractivity contribution in [1.82, 2.24) is 10.2 Å². The third-order valence-electron chi connectivity index (χ3n) is 3.71. The summed E-state index contributed by atoms with van der Waals surface area (Å²) >= 11 is 2.36. The fraction of sp³-hybridized carbons (Fsp3) is 0.571. The Morgan fingerprint density at radius 1 is 1.41 bits per heavy atom. The molecule has 2 nitrogen and oxygen atoms in total. The largest absolute Gasteiger partial charge is 0.319 e. The van der Waals surface area contributed by atoms with E-state index in [4.69, 9.17) is 0 Å². The summed E-state index contributed by atoms with van der Waals surface area (Å²) < 4.78 is 1.31. The highest BCUT2D eigenvalue weighted by Crippen LogP contribution is 2.27. The molecule has 0 aliphatic carbocycles. The molecule has 17 heavy (non-hydrogen) atoms. The van der Waals surface area contributed by atoms with Gasteiger partial charge in [-0.05, 0) is 79.7 Å². The van der Waals surface area contributed by atoms with E-state index in [0.717, 1.165) is 12.5 Å². The first-order valence-electron chi connectivity index (χ1n) is 6.35. The van der Waals surface area contributed by atoms with E-state index in [2.05, 4.69) is 64.0 Å². The van der Waals surface area contributed by atoms with E-state index < -0.39 is 0 Å². The minimum absolute atomic E-state index is 0.550. The topological polar surface area (TPSA) is 15.3 Å². The summed E-state index contributed by atoms with van der Waals surface area (Å²) in [6.45, 7) is 5.94. The van der Waals surface area contributed by atoms with Gasteiger partial charge >= 0.3 is 0 Å². The normalized spacial score (nSPS) is 22.9. The van der Waals surface area contributed by atoms with Crippen LogP contribution in [0.15, 0.2) is 24.3 Å². The van der Waals surface area contributed by atoms with Crippen LogP contribution in [0.1, 0.15) is 24.9 Å². The third-order valence-corrected chi connectivity index (χ3v) is 4.43. The van der Waals surface area contributed by atoms with E-state index in [1.165, 1.54) is 28.6 Å². The van der Waals surface area contributed by atoms with Crippen LogP contribution in [-0.2, 0) is 0 Å². The number of hydrogen-bond donors (Lipinski definition) is 1. The molecule has 0 saturated carbocycles. The second-order valence-corrected chi connectivity index (χ2v) is 6.18. The van der Waals surface area contributed by atoms with E-state index in [1.54, 1.807) is 0 Å². The molecule has 3 heteroatoms. The van der Waals surface area contributed by atoms with Gasteiger partial charge in [0.25, 0.3) is 0 Å². The summed E-state index contributed by atoms with van der Waals surface area (Å²) in [6.07, 6.45) is 1.33. The average Bonchev–Trinajstić information content (AvgIpc) is 2.78. The number of benzene rings is 1. The van der Waals surface area contributed by atoms with Crippen molar-refractivity contribution in [2.45, 2.75) is 19.4 Å². The molecule has 0 spiro atoms. The molecule has 1 aromatic rings. The molecule has 1 aromatic carbocycles. The van der Waals surface area contributed by atoms with Crippen LogP contribution < -0.4 is 5.32 Å². The molecule has 0 bridgehead atoms. The maximum Gasteiger partial charge on any atom is 0.0320 e.